The average Bonchev–Trinajstić information content (AvgIpc) is 2.54. The maximum absolute atomic E-state index is 12.7. The third-order valence-electron chi connectivity index (χ3n) is 4.28. The van der Waals surface area contributed by atoms with Crippen molar-refractivity contribution in [3.8, 4) is 6.07 Å². The lowest BCUT2D eigenvalue weighted by Crippen LogP contribution is -2.42. The summed E-state index contributed by atoms with van der Waals surface area (Å²) in [5.41, 5.74) is 0.202. The molecule has 0 amide bonds. The fourth-order valence-electron chi connectivity index (χ4n) is 2.86. The molecule has 0 heterocycles. The maximum Gasteiger partial charge on any atom is 0.244 e. The van der Waals surface area contributed by atoms with Crippen LogP contribution in [0.15, 0.2) is 29.2 Å². The fourth-order valence-corrected chi connectivity index (χ4v) is 4.42. The molecule has 21 heavy (non-hydrogen) atoms. The van der Waals surface area contributed by atoms with Crippen LogP contribution in [0.25, 0.3) is 0 Å². The van der Waals surface area contributed by atoms with E-state index in [0.717, 1.165) is 25.7 Å². The van der Waals surface area contributed by atoms with Gasteiger partial charge in [0.2, 0.25) is 10.0 Å². The minimum atomic E-state index is -3.62. The molecule has 0 spiro atoms. The number of nitrogens with one attached hydrogen (secondary N) is 1. The second-order valence-electron chi connectivity index (χ2n) is 5.42. The Balaban J connectivity index is 2.22. The monoisotopic (exact) mass is 307 g/mol. The third kappa shape index (κ3) is 3.26. The average molecular weight is 307 g/mol. The van der Waals surface area contributed by atoms with Crippen LogP contribution in [-0.2, 0) is 10.0 Å². The van der Waals surface area contributed by atoms with Crippen LogP contribution < -0.4 is 5.32 Å². The van der Waals surface area contributed by atoms with E-state index in [0.29, 0.717) is 6.04 Å². The Bertz CT molecular complexity index is 629. The van der Waals surface area contributed by atoms with Crippen molar-refractivity contribution in [2.75, 3.05) is 14.1 Å². The SMILES string of the molecule is CNC1CCC(N(C)S(=O)(=O)c2ccccc2C#N)CC1. The normalized spacial score (nSPS) is 23.0. The van der Waals surface area contributed by atoms with Crippen LogP contribution in [0, 0.1) is 11.3 Å². The second kappa shape index (κ2) is 6.56. The minimum Gasteiger partial charge on any atom is -0.317 e. The molecule has 1 aromatic rings. The Hall–Kier alpha value is -1.42. The lowest BCUT2D eigenvalue weighted by Gasteiger charge is -2.34. The topological polar surface area (TPSA) is 73.2 Å². The van der Waals surface area contributed by atoms with E-state index in [1.165, 1.54) is 10.4 Å². The zero-order chi connectivity index (χ0) is 15.5. The van der Waals surface area contributed by atoms with E-state index in [9.17, 15) is 8.42 Å². The highest BCUT2D eigenvalue weighted by molar-refractivity contribution is 7.89. The van der Waals surface area contributed by atoms with Gasteiger partial charge in [-0.25, -0.2) is 8.42 Å². The summed E-state index contributed by atoms with van der Waals surface area (Å²) in [5, 5.41) is 12.3. The summed E-state index contributed by atoms with van der Waals surface area (Å²) < 4.78 is 26.9. The lowest BCUT2D eigenvalue weighted by molar-refractivity contribution is 0.255. The molecular formula is C15H21N3O2S. The minimum absolute atomic E-state index is 0.00588. The standard InChI is InChI=1S/C15H21N3O2S/c1-17-13-7-9-14(10-8-13)18(2)21(19,20)15-6-4-3-5-12(15)11-16/h3-6,13-14,17H,7-10H2,1-2H3. The number of nitrogens with zero attached hydrogens (tertiary/aromatic N) is 2. The fraction of sp³-hybridized carbons (Fsp3) is 0.533. The molecule has 0 aromatic heterocycles. The Morgan fingerprint density at radius 2 is 1.86 bits per heavy atom. The molecule has 0 aliphatic heterocycles. The summed E-state index contributed by atoms with van der Waals surface area (Å²) in [4.78, 5) is 0.103. The molecule has 1 aliphatic carbocycles. The number of sulfonamides is 1. The van der Waals surface area contributed by atoms with Gasteiger partial charge in [0.15, 0.2) is 0 Å². The van der Waals surface area contributed by atoms with Gasteiger partial charge in [-0.05, 0) is 44.9 Å². The first-order valence-corrected chi connectivity index (χ1v) is 8.59. The molecule has 6 heteroatoms. The van der Waals surface area contributed by atoms with Crippen LogP contribution in [0.2, 0.25) is 0 Å². The molecule has 0 saturated heterocycles. The van der Waals surface area contributed by atoms with E-state index in [1.807, 2.05) is 13.1 Å². The number of nitriles is 1. The van der Waals surface area contributed by atoms with Crippen molar-refractivity contribution in [2.24, 2.45) is 0 Å². The summed E-state index contributed by atoms with van der Waals surface area (Å²) in [6.45, 7) is 0. The van der Waals surface area contributed by atoms with Gasteiger partial charge in [0.05, 0.1) is 10.5 Å². The van der Waals surface area contributed by atoms with E-state index in [2.05, 4.69) is 5.32 Å². The number of hydrogen-bond acceptors (Lipinski definition) is 4. The van der Waals surface area contributed by atoms with Crippen molar-refractivity contribution in [1.82, 2.24) is 9.62 Å². The highest BCUT2D eigenvalue weighted by atomic mass is 32.2. The molecule has 114 valence electrons. The highest BCUT2D eigenvalue weighted by Crippen LogP contribution is 2.27. The zero-order valence-corrected chi connectivity index (χ0v) is 13.2. The third-order valence-corrected chi connectivity index (χ3v) is 6.25. The quantitative estimate of drug-likeness (QED) is 0.919. The van der Waals surface area contributed by atoms with E-state index >= 15 is 0 Å². The molecule has 0 unspecified atom stereocenters. The smallest absolute Gasteiger partial charge is 0.244 e. The molecule has 0 atom stereocenters. The van der Waals surface area contributed by atoms with Gasteiger partial charge in [-0.15, -0.1) is 0 Å². The largest absolute Gasteiger partial charge is 0.317 e. The molecule has 1 fully saturated rings. The predicted octanol–water partition coefficient (Wildman–Crippen LogP) is 1.71. The van der Waals surface area contributed by atoms with Gasteiger partial charge in [0, 0.05) is 19.1 Å². The first kappa shape index (κ1) is 16.0. The van der Waals surface area contributed by atoms with Crippen LogP contribution in [0.4, 0.5) is 0 Å². The molecule has 1 aromatic carbocycles. The van der Waals surface area contributed by atoms with Crippen LogP contribution in [0.5, 0.6) is 0 Å². The van der Waals surface area contributed by atoms with Gasteiger partial charge in [-0.2, -0.15) is 9.57 Å². The Morgan fingerprint density at radius 3 is 2.43 bits per heavy atom. The van der Waals surface area contributed by atoms with Crippen molar-refractivity contribution in [1.29, 1.82) is 5.26 Å². The molecule has 2 rings (SSSR count). The maximum atomic E-state index is 12.7. The van der Waals surface area contributed by atoms with Gasteiger partial charge in [-0.3, -0.25) is 0 Å². The molecule has 0 radical (unpaired) electrons. The summed E-state index contributed by atoms with van der Waals surface area (Å²) in [6.07, 6.45) is 3.63. The summed E-state index contributed by atoms with van der Waals surface area (Å²) in [5.74, 6) is 0. The summed E-state index contributed by atoms with van der Waals surface area (Å²) >= 11 is 0. The Kier molecular flexibility index (Phi) is 4.99. The van der Waals surface area contributed by atoms with Gasteiger partial charge in [0.1, 0.15) is 6.07 Å². The van der Waals surface area contributed by atoms with E-state index < -0.39 is 10.0 Å². The highest BCUT2D eigenvalue weighted by Gasteiger charge is 2.32. The van der Waals surface area contributed by atoms with Gasteiger partial charge < -0.3 is 5.32 Å². The van der Waals surface area contributed by atoms with E-state index in [1.54, 1.807) is 25.2 Å². The van der Waals surface area contributed by atoms with Gasteiger partial charge in [0.25, 0.3) is 0 Å². The summed E-state index contributed by atoms with van der Waals surface area (Å²) in [6, 6.07) is 8.81. The van der Waals surface area contributed by atoms with Crippen molar-refractivity contribution < 1.29 is 8.42 Å². The first-order valence-electron chi connectivity index (χ1n) is 7.15. The number of benzene rings is 1. The van der Waals surface area contributed by atoms with Crippen LogP contribution in [0.3, 0.4) is 0 Å². The number of hydrogen-bond donors (Lipinski definition) is 1. The molecule has 0 bridgehead atoms. The van der Waals surface area contributed by atoms with Crippen molar-refractivity contribution in [3.63, 3.8) is 0 Å². The van der Waals surface area contributed by atoms with Gasteiger partial charge >= 0.3 is 0 Å². The summed E-state index contributed by atoms with van der Waals surface area (Å²) in [7, 11) is -0.0571. The molecule has 1 aliphatic rings. The lowest BCUT2D eigenvalue weighted by atomic mass is 9.91. The Labute approximate surface area is 126 Å². The predicted molar refractivity (Wildman–Crippen MR) is 81.2 cm³/mol. The molecule has 1 saturated carbocycles. The van der Waals surface area contributed by atoms with Crippen molar-refractivity contribution in [3.05, 3.63) is 29.8 Å². The van der Waals surface area contributed by atoms with E-state index in [4.69, 9.17) is 5.26 Å². The van der Waals surface area contributed by atoms with Crippen molar-refractivity contribution >= 4 is 10.0 Å². The zero-order valence-electron chi connectivity index (χ0n) is 12.4. The Morgan fingerprint density at radius 1 is 1.24 bits per heavy atom. The molecular weight excluding hydrogens is 286 g/mol. The van der Waals surface area contributed by atoms with Crippen molar-refractivity contribution in [2.45, 2.75) is 42.7 Å². The van der Waals surface area contributed by atoms with Gasteiger partial charge in [-0.1, -0.05) is 12.1 Å². The second-order valence-corrected chi connectivity index (χ2v) is 7.39. The first-order chi connectivity index (χ1) is 10.0. The van der Waals surface area contributed by atoms with E-state index in [-0.39, 0.29) is 16.5 Å². The van der Waals surface area contributed by atoms with Crippen LogP contribution in [-0.4, -0.2) is 38.9 Å². The number of rotatable bonds is 4. The molecule has 1 N–H and O–H groups in total. The van der Waals surface area contributed by atoms with Crippen LogP contribution in [0.1, 0.15) is 31.2 Å². The molecule has 5 nitrogen and oxygen atoms in total. The van der Waals surface area contributed by atoms with Crippen LogP contribution >= 0.6 is 0 Å².